The maximum Gasteiger partial charge on any atom is 0.256 e. The fourth-order valence-electron chi connectivity index (χ4n) is 5.53. The molecule has 41 heavy (non-hydrogen) atoms. The summed E-state index contributed by atoms with van der Waals surface area (Å²) in [7, 11) is 0. The average Bonchev–Trinajstić information content (AvgIpc) is 3.40. The summed E-state index contributed by atoms with van der Waals surface area (Å²) < 4.78 is 7.16. The van der Waals surface area contributed by atoms with E-state index < -0.39 is 5.41 Å². The lowest BCUT2D eigenvalue weighted by molar-refractivity contribution is -0.169. The lowest BCUT2D eigenvalue weighted by Gasteiger charge is -2.42. The Balaban J connectivity index is 1.30. The first kappa shape index (κ1) is 27.1. The third-order valence-electron chi connectivity index (χ3n) is 7.82. The van der Waals surface area contributed by atoms with Crippen molar-refractivity contribution in [2.45, 2.75) is 32.2 Å². The summed E-state index contributed by atoms with van der Waals surface area (Å²) in [6.45, 7) is 4.43. The minimum Gasteiger partial charge on any atom is -0.382 e. The number of rotatable bonds is 6. The Labute approximate surface area is 241 Å². The molecule has 2 amide bonds. The highest BCUT2D eigenvalue weighted by Gasteiger charge is 2.45. The van der Waals surface area contributed by atoms with E-state index in [1.54, 1.807) is 30.5 Å². The SMILES string of the molecule is CC1(C(=O)N2CCC[C@@H](c3nc(-c4ccc(C(=O)Nc5cc(CN)ccn5)cc4)c4c(N)ncc(Cl)n34)C2)COC1. The van der Waals surface area contributed by atoms with Crippen LogP contribution in [0.3, 0.4) is 0 Å². The number of nitrogens with one attached hydrogen (secondary N) is 1. The number of carbonyl (C=O) groups is 2. The number of imidazole rings is 1. The summed E-state index contributed by atoms with van der Waals surface area (Å²) in [5.41, 5.74) is 14.9. The molecule has 2 fully saturated rings. The number of aromatic nitrogens is 4. The van der Waals surface area contributed by atoms with Gasteiger partial charge in [0.1, 0.15) is 33.8 Å². The maximum absolute atomic E-state index is 13.2. The van der Waals surface area contributed by atoms with Gasteiger partial charge in [-0.3, -0.25) is 14.0 Å². The number of amides is 2. The minimum absolute atomic E-state index is 0.0420. The molecular weight excluding hydrogens is 544 g/mol. The summed E-state index contributed by atoms with van der Waals surface area (Å²) >= 11 is 6.66. The van der Waals surface area contributed by atoms with E-state index in [2.05, 4.69) is 15.3 Å². The predicted octanol–water partition coefficient (Wildman–Crippen LogP) is 3.48. The molecule has 0 aliphatic carbocycles. The summed E-state index contributed by atoms with van der Waals surface area (Å²) in [6.07, 6.45) is 4.82. The van der Waals surface area contributed by atoms with Gasteiger partial charge in [0, 0.05) is 42.9 Å². The standard InChI is InChI=1S/C29H31ClN8O3/c1-29(15-41-16-29)28(40)37-10-2-3-20(14-37)26-36-23(24-25(32)34-13-21(30)38(24)26)18-4-6-19(7-5-18)27(39)35-22-11-17(12-31)8-9-33-22/h4-9,11,13,20H,2-3,10,12,14-16,31H2,1H3,(H2,32,34)(H,33,35,39)/t20-/m1/s1. The molecule has 4 aromatic rings. The number of hydrogen-bond donors (Lipinski definition) is 3. The van der Waals surface area contributed by atoms with Gasteiger partial charge in [0.15, 0.2) is 0 Å². The number of pyridine rings is 1. The van der Waals surface area contributed by atoms with Crippen LogP contribution in [0.15, 0.2) is 48.8 Å². The number of halogens is 1. The van der Waals surface area contributed by atoms with Crippen molar-refractivity contribution in [3.8, 4) is 11.3 Å². The van der Waals surface area contributed by atoms with Gasteiger partial charge in [-0.25, -0.2) is 15.0 Å². The Morgan fingerprint density at radius 3 is 2.68 bits per heavy atom. The van der Waals surface area contributed by atoms with Crippen LogP contribution in [0, 0.1) is 5.41 Å². The number of nitrogens with zero attached hydrogens (tertiary/aromatic N) is 5. The van der Waals surface area contributed by atoms with E-state index in [4.69, 9.17) is 32.8 Å². The lowest BCUT2D eigenvalue weighted by atomic mass is 9.85. The molecule has 11 nitrogen and oxygen atoms in total. The highest BCUT2D eigenvalue weighted by Crippen LogP contribution is 2.37. The zero-order valence-electron chi connectivity index (χ0n) is 22.6. The molecule has 0 radical (unpaired) electrons. The number of piperidine rings is 1. The van der Waals surface area contributed by atoms with Crippen LogP contribution in [-0.4, -0.2) is 62.4 Å². The van der Waals surface area contributed by atoms with Crippen molar-refractivity contribution in [3.05, 3.63) is 70.9 Å². The van der Waals surface area contributed by atoms with E-state index in [0.29, 0.717) is 66.4 Å². The summed E-state index contributed by atoms with van der Waals surface area (Å²) in [5.74, 6) is 1.22. The predicted molar refractivity (Wildman–Crippen MR) is 155 cm³/mol. The Bertz CT molecular complexity index is 1630. The maximum atomic E-state index is 13.2. The largest absolute Gasteiger partial charge is 0.382 e. The first-order chi connectivity index (χ1) is 19.8. The molecule has 0 saturated carbocycles. The van der Waals surface area contributed by atoms with Gasteiger partial charge < -0.3 is 26.4 Å². The molecular formula is C29H31ClN8O3. The fraction of sp³-hybridized carbons (Fsp3) is 0.345. The van der Waals surface area contributed by atoms with E-state index in [1.807, 2.05) is 28.4 Å². The van der Waals surface area contributed by atoms with Crippen LogP contribution in [0.5, 0.6) is 0 Å². The van der Waals surface area contributed by atoms with Crippen molar-refractivity contribution in [3.63, 3.8) is 0 Å². The number of hydrogen-bond acceptors (Lipinski definition) is 8. The molecule has 0 spiro atoms. The van der Waals surface area contributed by atoms with Crippen molar-refractivity contribution in [2.75, 3.05) is 37.4 Å². The van der Waals surface area contributed by atoms with E-state index >= 15 is 0 Å². The van der Waals surface area contributed by atoms with Gasteiger partial charge in [-0.1, -0.05) is 23.7 Å². The summed E-state index contributed by atoms with van der Waals surface area (Å²) in [4.78, 5) is 41.5. The molecule has 2 saturated heterocycles. The van der Waals surface area contributed by atoms with Crippen molar-refractivity contribution in [1.29, 1.82) is 0 Å². The average molecular weight is 575 g/mol. The van der Waals surface area contributed by atoms with Crippen LogP contribution in [-0.2, 0) is 16.1 Å². The Morgan fingerprint density at radius 2 is 1.98 bits per heavy atom. The topological polar surface area (TPSA) is 154 Å². The molecule has 5 N–H and O–H groups in total. The summed E-state index contributed by atoms with van der Waals surface area (Å²) in [5, 5.41) is 3.19. The third-order valence-corrected chi connectivity index (χ3v) is 8.09. The molecule has 1 aromatic carbocycles. The van der Waals surface area contributed by atoms with Crippen LogP contribution in [0.25, 0.3) is 16.8 Å². The molecule has 0 bridgehead atoms. The van der Waals surface area contributed by atoms with Gasteiger partial charge in [-0.05, 0) is 49.6 Å². The molecule has 0 unspecified atom stereocenters. The number of anilines is 2. The van der Waals surface area contributed by atoms with Crippen LogP contribution in [0.2, 0.25) is 5.15 Å². The monoisotopic (exact) mass is 574 g/mol. The molecule has 2 aliphatic rings. The number of ether oxygens (including phenoxy) is 1. The van der Waals surface area contributed by atoms with Crippen molar-refractivity contribution in [1.82, 2.24) is 24.3 Å². The van der Waals surface area contributed by atoms with Gasteiger partial charge in [-0.15, -0.1) is 0 Å². The number of benzene rings is 1. The molecule has 12 heteroatoms. The molecule has 212 valence electrons. The number of carbonyl (C=O) groups excluding carboxylic acids is 2. The highest BCUT2D eigenvalue weighted by atomic mass is 35.5. The van der Waals surface area contributed by atoms with Crippen molar-refractivity contribution in [2.24, 2.45) is 11.1 Å². The Kier molecular flexibility index (Phi) is 7.10. The Hall–Kier alpha value is -4.06. The third kappa shape index (κ3) is 5.01. The van der Waals surface area contributed by atoms with Crippen LogP contribution in [0.1, 0.15) is 47.4 Å². The first-order valence-electron chi connectivity index (χ1n) is 13.5. The van der Waals surface area contributed by atoms with Gasteiger partial charge in [-0.2, -0.15) is 0 Å². The lowest BCUT2D eigenvalue weighted by Crippen LogP contribution is -2.55. The van der Waals surface area contributed by atoms with Crippen LogP contribution < -0.4 is 16.8 Å². The van der Waals surface area contributed by atoms with Crippen LogP contribution >= 0.6 is 11.6 Å². The molecule has 2 aliphatic heterocycles. The van der Waals surface area contributed by atoms with E-state index in [-0.39, 0.29) is 17.7 Å². The second-order valence-electron chi connectivity index (χ2n) is 10.9. The molecule has 1 atom stereocenters. The van der Waals surface area contributed by atoms with Gasteiger partial charge >= 0.3 is 0 Å². The fourth-order valence-corrected chi connectivity index (χ4v) is 5.75. The number of fused-ring (bicyclic) bond motifs is 1. The second kappa shape index (κ2) is 10.7. The number of likely N-dealkylation sites (tertiary alicyclic amines) is 1. The first-order valence-corrected chi connectivity index (χ1v) is 13.9. The van der Waals surface area contributed by atoms with Gasteiger partial charge in [0.25, 0.3) is 5.91 Å². The number of nitrogens with two attached hydrogens (primary N) is 2. The molecule has 5 heterocycles. The van der Waals surface area contributed by atoms with E-state index in [1.165, 1.54) is 6.20 Å². The summed E-state index contributed by atoms with van der Waals surface area (Å²) in [6, 6.07) is 10.6. The quantitative estimate of drug-likeness (QED) is 0.316. The smallest absolute Gasteiger partial charge is 0.256 e. The Morgan fingerprint density at radius 1 is 1.20 bits per heavy atom. The molecule has 3 aromatic heterocycles. The van der Waals surface area contributed by atoms with E-state index in [0.717, 1.165) is 29.8 Å². The number of nitrogen functional groups attached to an aromatic ring is 1. The van der Waals surface area contributed by atoms with Crippen LogP contribution in [0.4, 0.5) is 11.6 Å². The van der Waals surface area contributed by atoms with Gasteiger partial charge in [0.05, 0.1) is 24.8 Å². The minimum atomic E-state index is -0.467. The van der Waals surface area contributed by atoms with E-state index in [9.17, 15) is 9.59 Å². The molecule has 6 rings (SSSR count). The normalized spacial score (nSPS) is 18.2. The van der Waals surface area contributed by atoms with Crippen molar-refractivity contribution >= 4 is 40.6 Å². The zero-order chi connectivity index (χ0) is 28.7. The van der Waals surface area contributed by atoms with Crippen molar-refractivity contribution < 1.29 is 14.3 Å². The highest BCUT2D eigenvalue weighted by molar-refractivity contribution is 6.30. The second-order valence-corrected chi connectivity index (χ2v) is 11.3. The zero-order valence-corrected chi connectivity index (χ0v) is 23.4. The van der Waals surface area contributed by atoms with Gasteiger partial charge in [0.2, 0.25) is 5.91 Å².